The van der Waals surface area contributed by atoms with Gasteiger partial charge in [-0.2, -0.15) is 5.32 Å². The molecular weight excluding hydrogens is 196 g/mol. The van der Waals surface area contributed by atoms with Crippen LogP contribution in [0.25, 0.3) is 0 Å². The van der Waals surface area contributed by atoms with Gasteiger partial charge in [0.15, 0.2) is 0 Å². The summed E-state index contributed by atoms with van der Waals surface area (Å²) in [6, 6.07) is 0. The van der Waals surface area contributed by atoms with Gasteiger partial charge in [0.05, 0.1) is 0 Å². The predicted octanol–water partition coefficient (Wildman–Crippen LogP) is 2.66. The van der Waals surface area contributed by atoms with Gasteiger partial charge in [0, 0.05) is 17.5 Å². The van der Waals surface area contributed by atoms with E-state index in [4.69, 9.17) is 0 Å². The lowest BCUT2D eigenvalue weighted by Crippen LogP contribution is -2.08. The average molecular weight is 211 g/mol. The summed E-state index contributed by atoms with van der Waals surface area (Å²) < 4.78 is 0. The summed E-state index contributed by atoms with van der Waals surface area (Å²) in [6.07, 6.45) is 5.30. The van der Waals surface area contributed by atoms with Gasteiger partial charge >= 0.3 is 0 Å². The van der Waals surface area contributed by atoms with E-state index in [1.54, 1.807) is 0 Å². The molecule has 0 aliphatic carbocycles. The van der Waals surface area contributed by atoms with Gasteiger partial charge in [-0.15, -0.1) is 0 Å². The third-order valence-electron chi connectivity index (χ3n) is 1.72. The smallest absolute Gasteiger partial charge is 0.248 e. The minimum Gasteiger partial charge on any atom is -0.273 e. The highest BCUT2D eigenvalue weighted by molar-refractivity contribution is 7.15. The zero-order chi connectivity index (χ0) is 10.4. The number of aromatic nitrogens is 1. The van der Waals surface area contributed by atoms with Crippen LogP contribution < -0.4 is 5.32 Å². The second-order valence-electron chi connectivity index (χ2n) is 3.11. The Labute approximate surface area is 88.6 Å². The molecule has 0 atom stereocenters. The summed E-state index contributed by atoms with van der Waals surface area (Å²) in [6.45, 7) is 4.09. The molecule has 0 fully saturated rings. The van der Waals surface area contributed by atoms with Crippen LogP contribution >= 0.6 is 11.3 Å². The average Bonchev–Trinajstić information content (AvgIpc) is 2.53. The fourth-order valence-electron chi connectivity index (χ4n) is 1.09. The van der Waals surface area contributed by atoms with Crippen LogP contribution in [-0.4, -0.2) is 10.9 Å². The van der Waals surface area contributed by atoms with Crippen molar-refractivity contribution < 1.29 is 4.79 Å². The Bertz CT molecular complexity index is 296. The summed E-state index contributed by atoms with van der Waals surface area (Å²) >= 11 is 1.51. The summed E-state index contributed by atoms with van der Waals surface area (Å²) in [5.74, 6) is -0.0649. The SMILES string of the molecule is CCCC(=O)[N]c1ncc(CCC)s1. The molecule has 1 amide bonds. The zero-order valence-electron chi connectivity index (χ0n) is 8.62. The lowest BCUT2D eigenvalue weighted by atomic mass is 10.3. The summed E-state index contributed by atoms with van der Waals surface area (Å²) in [7, 11) is 0. The van der Waals surface area contributed by atoms with Crippen molar-refractivity contribution in [1.29, 1.82) is 0 Å². The van der Waals surface area contributed by atoms with Crippen molar-refractivity contribution in [2.75, 3.05) is 0 Å². The fraction of sp³-hybridized carbons (Fsp3) is 0.600. The first-order valence-corrected chi connectivity index (χ1v) is 5.77. The maximum Gasteiger partial charge on any atom is 0.248 e. The minimum absolute atomic E-state index is 0.0649. The first-order valence-electron chi connectivity index (χ1n) is 4.95. The first-order chi connectivity index (χ1) is 6.76. The molecule has 0 saturated heterocycles. The summed E-state index contributed by atoms with van der Waals surface area (Å²) in [4.78, 5) is 16.5. The second kappa shape index (κ2) is 5.75. The van der Waals surface area contributed by atoms with Gasteiger partial charge < -0.3 is 0 Å². The number of hydrogen-bond donors (Lipinski definition) is 0. The Hall–Kier alpha value is -0.900. The topological polar surface area (TPSA) is 44.1 Å². The van der Waals surface area contributed by atoms with Gasteiger partial charge in [0.2, 0.25) is 11.0 Å². The van der Waals surface area contributed by atoms with Gasteiger partial charge in [-0.05, 0) is 12.8 Å². The van der Waals surface area contributed by atoms with Crippen molar-refractivity contribution in [3.8, 4) is 0 Å². The lowest BCUT2D eigenvalue weighted by molar-refractivity contribution is -0.120. The van der Waals surface area contributed by atoms with Crippen LogP contribution in [-0.2, 0) is 11.2 Å². The van der Waals surface area contributed by atoms with E-state index in [9.17, 15) is 4.79 Å². The molecule has 0 saturated carbocycles. The second-order valence-corrected chi connectivity index (χ2v) is 4.21. The van der Waals surface area contributed by atoms with E-state index in [1.807, 2.05) is 13.1 Å². The Kier molecular flexibility index (Phi) is 4.59. The molecule has 0 unspecified atom stereocenters. The van der Waals surface area contributed by atoms with Gasteiger partial charge in [-0.3, -0.25) is 4.79 Å². The van der Waals surface area contributed by atoms with Gasteiger partial charge in [0.25, 0.3) is 0 Å². The third kappa shape index (κ3) is 3.46. The maximum absolute atomic E-state index is 11.2. The van der Waals surface area contributed by atoms with Crippen molar-refractivity contribution in [2.24, 2.45) is 0 Å². The normalized spacial score (nSPS) is 10.1. The number of rotatable bonds is 5. The number of hydrogen-bond acceptors (Lipinski definition) is 3. The van der Waals surface area contributed by atoms with E-state index in [0.717, 1.165) is 19.3 Å². The van der Waals surface area contributed by atoms with Gasteiger partial charge in [0.1, 0.15) is 0 Å². The van der Waals surface area contributed by atoms with Crippen LogP contribution in [0.15, 0.2) is 6.20 Å². The highest BCUT2D eigenvalue weighted by Gasteiger charge is 2.07. The van der Waals surface area contributed by atoms with Crippen molar-refractivity contribution in [3.05, 3.63) is 11.1 Å². The lowest BCUT2D eigenvalue weighted by Gasteiger charge is -1.94. The molecule has 0 aliphatic rings. The maximum atomic E-state index is 11.2. The zero-order valence-corrected chi connectivity index (χ0v) is 9.43. The molecule has 0 bridgehead atoms. The van der Waals surface area contributed by atoms with Crippen LogP contribution in [0.2, 0.25) is 0 Å². The highest BCUT2D eigenvalue weighted by Crippen LogP contribution is 2.19. The molecule has 1 aromatic rings. The monoisotopic (exact) mass is 211 g/mol. The number of nitrogens with zero attached hydrogens (tertiary/aromatic N) is 2. The fourth-order valence-corrected chi connectivity index (χ4v) is 1.99. The number of carbonyl (C=O) groups excluding carboxylic acids is 1. The molecule has 77 valence electrons. The van der Waals surface area contributed by atoms with Crippen molar-refractivity contribution in [3.63, 3.8) is 0 Å². The molecular formula is C10H15N2OS. The third-order valence-corrected chi connectivity index (χ3v) is 2.67. The minimum atomic E-state index is -0.0649. The van der Waals surface area contributed by atoms with Gasteiger partial charge in [-0.1, -0.05) is 31.6 Å². The molecule has 1 heterocycles. The number of aryl methyl sites for hydroxylation is 1. The Balaban J connectivity index is 2.46. The molecule has 1 aromatic heterocycles. The molecule has 0 N–H and O–H groups in total. The quantitative estimate of drug-likeness (QED) is 0.751. The molecule has 1 radical (unpaired) electrons. The van der Waals surface area contributed by atoms with Crippen LogP contribution in [0, 0.1) is 0 Å². The van der Waals surface area contributed by atoms with Crippen LogP contribution in [0.1, 0.15) is 38.0 Å². The Morgan fingerprint density at radius 1 is 1.50 bits per heavy atom. The molecule has 1 rings (SSSR count). The Morgan fingerprint density at radius 3 is 2.93 bits per heavy atom. The number of thiazole rings is 1. The van der Waals surface area contributed by atoms with Crippen molar-refractivity contribution >= 4 is 22.4 Å². The standard InChI is InChI=1S/C10H15N2OS/c1-3-5-8-7-11-10(14-8)12-9(13)6-4-2/h7H,3-6H2,1-2H3. The van der Waals surface area contributed by atoms with E-state index in [1.165, 1.54) is 16.2 Å². The molecule has 4 heteroatoms. The van der Waals surface area contributed by atoms with Crippen LogP contribution in [0.5, 0.6) is 0 Å². The van der Waals surface area contributed by atoms with Gasteiger partial charge in [-0.25, -0.2) is 4.98 Å². The number of amides is 1. The predicted molar refractivity (Wildman–Crippen MR) is 57.8 cm³/mol. The largest absolute Gasteiger partial charge is 0.273 e. The number of carbonyl (C=O) groups is 1. The van der Waals surface area contributed by atoms with E-state index in [0.29, 0.717) is 11.6 Å². The summed E-state index contributed by atoms with van der Waals surface area (Å²) in [5.41, 5.74) is 0. The van der Waals surface area contributed by atoms with E-state index in [-0.39, 0.29) is 5.91 Å². The highest BCUT2D eigenvalue weighted by atomic mass is 32.1. The van der Waals surface area contributed by atoms with E-state index >= 15 is 0 Å². The van der Waals surface area contributed by atoms with E-state index < -0.39 is 0 Å². The van der Waals surface area contributed by atoms with Crippen LogP contribution in [0.4, 0.5) is 5.13 Å². The molecule has 3 nitrogen and oxygen atoms in total. The van der Waals surface area contributed by atoms with E-state index in [2.05, 4.69) is 17.2 Å². The molecule has 14 heavy (non-hydrogen) atoms. The molecule has 0 aliphatic heterocycles. The van der Waals surface area contributed by atoms with Crippen molar-refractivity contribution in [2.45, 2.75) is 39.5 Å². The Morgan fingerprint density at radius 2 is 2.29 bits per heavy atom. The van der Waals surface area contributed by atoms with Crippen molar-refractivity contribution in [1.82, 2.24) is 10.3 Å². The summed E-state index contributed by atoms with van der Waals surface area (Å²) in [5, 5.41) is 4.52. The molecule has 0 spiro atoms. The van der Waals surface area contributed by atoms with Crippen LogP contribution in [0.3, 0.4) is 0 Å². The first kappa shape index (κ1) is 11.2. The molecule has 0 aromatic carbocycles.